The number of guanidine groups is 1. The van der Waals surface area contributed by atoms with Gasteiger partial charge in [-0.1, -0.05) is 18.2 Å². The van der Waals surface area contributed by atoms with Gasteiger partial charge in [0.2, 0.25) is 0 Å². The number of aliphatic imine (C=N–C) groups is 1. The molecule has 132 valence electrons. The van der Waals surface area contributed by atoms with Gasteiger partial charge in [0, 0.05) is 38.4 Å². The second-order valence-electron chi connectivity index (χ2n) is 6.26. The average Bonchev–Trinajstić information content (AvgIpc) is 2.99. The highest BCUT2D eigenvalue weighted by molar-refractivity contribution is 7.91. The van der Waals surface area contributed by atoms with E-state index in [9.17, 15) is 8.42 Å². The monoisotopic (exact) mass is 350 g/mol. The topological polar surface area (TPSA) is 65.0 Å². The van der Waals surface area contributed by atoms with Crippen molar-refractivity contribution in [2.24, 2.45) is 4.99 Å². The molecule has 0 spiro atoms. The van der Waals surface area contributed by atoms with Crippen molar-refractivity contribution in [2.75, 3.05) is 55.7 Å². The first-order chi connectivity index (χ1) is 11.6. The minimum absolute atomic E-state index is 0.274. The van der Waals surface area contributed by atoms with Crippen LogP contribution in [0.15, 0.2) is 29.3 Å². The standard InChI is InChI=1S/C17H26N4O2S/c1-2-18-17(21-9-7-15-5-3-4-6-16(15)21)19-8-10-20-11-13-24(22,23)14-12-20/h3-6H,2,7-14H2,1H3,(H,18,19). The largest absolute Gasteiger partial charge is 0.356 e. The van der Waals surface area contributed by atoms with Crippen LogP contribution in [0, 0.1) is 0 Å². The van der Waals surface area contributed by atoms with Crippen molar-refractivity contribution in [1.29, 1.82) is 0 Å². The molecule has 2 aliphatic rings. The molecule has 2 heterocycles. The van der Waals surface area contributed by atoms with E-state index in [1.807, 2.05) is 0 Å². The molecule has 0 aromatic heterocycles. The number of hydrogen-bond acceptors (Lipinski definition) is 4. The van der Waals surface area contributed by atoms with Crippen molar-refractivity contribution < 1.29 is 8.42 Å². The van der Waals surface area contributed by atoms with Gasteiger partial charge in [0.1, 0.15) is 0 Å². The molecule has 1 N–H and O–H groups in total. The summed E-state index contributed by atoms with van der Waals surface area (Å²) in [6, 6.07) is 8.46. The predicted molar refractivity (Wildman–Crippen MR) is 98.6 cm³/mol. The number of para-hydroxylation sites is 1. The third-order valence-corrected chi connectivity index (χ3v) is 6.20. The molecule has 0 aliphatic carbocycles. The van der Waals surface area contributed by atoms with Crippen LogP contribution in [-0.2, 0) is 16.3 Å². The Balaban J connectivity index is 1.61. The van der Waals surface area contributed by atoms with Gasteiger partial charge < -0.3 is 10.2 Å². The van der Waals surface area contributed by atoms with E-state index in [1.54, 1.807) is 0 Å². The van der Waals surface area contributed by atoms with E-state index in [2.05, 4.69) is 46.3 Å². The Kier molecular flexibility index (Phi) is 5.40. The van der Waals surface area contributed by atoms with Gasteiger partial charge in [0.25, 0.3) is 0 Å². The number of nitrogens with one attached hydrogen (secondary N) is 1. The zero-order valence-electron chi connectivity index (χ0n) is 14.2. The first kappa shape index (κ1) is 17.2. The summed E-state index contributed by atoms with van der Waals surface area (Å²) in [6.07, 6.45) is 1.05. The number of rotatable bonds is 4. The van der Waals surface area contributed by atoms with Crippen LogP contribution < -0.4 is 10.2 Å². The Morgan fingerprint density at radius 2 is 1.96 bits per heavy atom. The number of anilines is 1. The second kappa shape index (κ2) is 7.53. The summed E-state index contributed by atoms with van der Waals surface area (Å²) in [5.41, 5.74) is 2.60. The van der Waals surface area contributed by atoms with E-state index < -0.39 is 9.84 Å². The Hall–Kier alpha value is -1.60. The Bertz CT molecular complexity index is 688. The maximum absolute atomic E-state index is 11.5. The Labute approximate surface area is 144 Å². The summed E-state index contributed by atoms with van der Waals surface area (Å²) < 4.78 is 23.0. The quantitative estimate of drug-likeness (QED) is 0.641. The van der Waals surface area contributed by atoms with Crippen molar-refractivity contribution in [3.05, 3.63) is 29.8 Å². The van der Waals surface area contributed by atoms with Gasteiger partial charge in [-0.3, -0.25) is 9.89 Å². The minimum Gasteiger partial charge on any atom is -0.356 e. The molecule has 1 fully saturated rings. The lowest BCUT2D eigenvalue weighted by Gasteiger charge is -2.26. The van der Waals surface area contributed by atoms with E-state index in [4.69, 9.17) is 4.99 Å². The molecule has 1 aromatic rings. The molecule has 0 amide bonds. The van der Waals surface area contributed by atoms with Gasteiger partial charge in [0.15, 0.2) is 15.8 Å². The molecule has 1 aromatic carbocycles. The van der Waals surface area contributed by atoms with Crippen LogP contribution >= 0.6 is 0 Å². The van der Waals surface area contributed by atoms with Crippen LogP contribution in [-0.4, -0.2) is 70.1 Å². The summed E-state index contributed by atoms with van der Waals surface area (Å²) in [5.74, 6) is 1.47. The van der Waals surface area contributed by atoms with Crippen LogP contribution in [0.4, 0.5) is 5.69 Å². The fraction of sp³-hybridized carbons (Fsp3) is 0.588. The van der Waals surface area contributed by atoms with Gasteiger partial charge in [-0.25, -0.2) is 8.42 Å². The van der Waals surface area contributed by atoms with Gasteiger partial charge in [-0.15, -0.1) is 0 Å². The lowest BCUT2D eigenvalue weighted by molar-refractivity contribution is 0.304. The van der Waals surface area contributed by atoms with Gasteiger partial charge in [0.05, 0.1) is 18.1 Å². The molecule has 24 heavy (non-hydrogen) atoms. The third-order valence-electron chi connectivity index (χ3n) is 4.59. The molecular weight excluding hydrogens is 324 g/mol. The lowest BCUT2D eigenvalue weighted by atomic mass is 10.2. The fourth-order valence-electron chi connectivity index (χ4n) is 3.22. The zero-order chi connectivity index (χ0) is 17.0. The van der Waals surface area contributed by atoms with Crippen molar-refractivity contribution in [3.8, 4) is 0 Å². The van der Waals surface area contributed by atoms with Gasteiger partial charge in [-0.2, -0.15) is 0 Å². The Morgan fingerprint density at radius 1 is 1.21 bits per heavy atom. The maximum atomic E-state index is 11.5. The average molecular weight is 350 g/mol. The normalized spacial score (nSPS) is 20.9. The first-order valence-electron chi connectivity index (χ1n) is 8.65. The van der Waals surface area contributed by atoms with Crippen molar-refractivity contribution in [2.45, 2.75) is 13.3 Å². The van der Waals surface area contributed by atoms with E-state index in [1.165, 1.54) is 11.3 Å². The number of hydrogen-bond donors (Lipinski definition) is 1. The summed E-state index contributed by atoms with van der Waals surface area (Å²) in [4.78, 5) is 9.20. The number of benzene rings is 1. The number of nitrogens with zero attached hydrogens (tertiary/aromatic N) is 3. The van der Waals surface area contributed by atoms with E-state index >= 15 is 0 Å². The van der Waals surface area contributed by atoms with Crippen molar-refractivity contribution in [1.82, 2.24) is 10.2 Å². The summed E-state index contributed by atoms with van der Waals surface area (Å²) in [6.45, 7) is 6.60. The third kappa shape index (κ3) is 4.08. The highest BCUT2D eigenvalue weighted by Crippen LogP contribution is 2.27. The van der Waals surface area contributed by atoms with Crippen LogP contribution in [0.2, 0.25) is 0 Å². The SMILES string of the molecule is CCNC(=NCCN1CCS(=O)(=O)CC1)N1CCc2ccccc21. The van der Waals surface area contributed by atoms with E-state index in [0.29, 0.717) is 19.6 Å². The van der Waals surface area contributed by atoms with Gasteiger partial charge >= 0.3 is 0 Å². The van der Waals surface area contributed by atoms with E-state index in [-0.39, 0.29) is 11.5 Å². The molecule has 7 heteroatoms. The van der Waals surface area contributed by atoms with Crippen LogP contribution in [0.3, 0.4) is 0 Å². The summed E-state index contributed by atoms with van der Waals surface area (Å²) in [7, 11) is -2.81. The van der Waals surface area contributed by atoms with Crippen LogP contribution in [0.5, 0.6) is 0 Å². The molecule has 1 saturated heterocycles. The molecule has 0 bridgehead atoms. The molecule has 0 saturated carbocycles. The molecule has 3 rings (SSSR count). The summed E-state index contributed by atoms with van der Waals surface area (Å²) >= 11 is 0. The predicted octanol–water partition coefficient (Wildman–Crippen LogP) is 0.745. The second-order valence-corrected chi connectivity index (χ2v) is 8.56. The maximum Gasteiger partial charge on any atom is 0.198 e. The zero-order valence-corrected chi connectivity index (χ0v) is 15.1. The smallest absolute Gasteiger partial charge is 0.198 e. The van der Waals surface area contributed by atoms with Crippen LogP contribution in [0.1, 0.15) is 12.5 Å². The number of fused-ring (bicyclic) bond motifs is 1. The number of sulfone groups is 1. The van der Waals surface area contributed by atoms with Crippen molar-refractivity contribution in [3.63, 3.8) is 0 Å². The lowest BCUT2D eigenvalue weighted by Crippen LogP contribution is -2.43. The highest BCUT2D eigenvalue weighted by Gasteiger charge is 2.23. The minimum atomic E-state index is -2.81. The molecule has 2 aliphatic heterocycles. The fourth-order valence-corrected chi connectivity index (χ4v) is 4.50. The van der Waals surface area contributed by atoms with Crippen molar-refractivity contribution >= 4 is 21.5 Å². The molecule has 0 radical (unpaired) electrons. The molecule has 0 unspecified atom stereocenters. The first-order valence-corrected chi connectivity index (χ1v) is 10.5. The molecular formula is C17H26N4O2S. The van der Waals surface area contributed by atoms with Crippen LogP contribution in [0.25, 0.3) is 0 Å². The highest BCUT2D eigenvalue weighted by atomic mass is 32.2. The Morgan fingerprint density at radius 3 is 2.71 bits per heavy atom. The van der Waals surface area contributed by atoms with E-state index in [0.717, 1.165) is 32.0 Å². The molecule has 6 nitrogen and oxygen atoms in total. The molecule has 0 atom stereocenters. The van der Waals surface area contributed by atoms with Gasteiger partial charge in [-0.05, 0) is 25.0 Å². The summed E-state index contributed by atoms with van der Waals surface area (Å²) in [5, 5.41) is 3.38.